The molecule has 2 unspecified atom stereocenters. The predicted octanol–water partition coefficient (Wildman–Crippen LogP) is 1.82. The van der Waals surface area contributed by atoms with Gasteiger partial charge in [-0.25, -0.2) is 4.79 Å². The van der Waals surface area contributed by atoms with Gasteiger partial charge in [-0.05, 0) is 31.6 Å². The maximum Gasteiger partial charge on any atom is 0.401 e. The molecule has 0 spiro atoms. The average Bonchev–Trinajstić information content (AvgIpc) is 2.75. The van der Waals surface area contributed by atoms with Crippen LogP contribution in [-0.2, 0) is 0 Å². The largest absolute Gasteiger partial charge is 0.401 e. The normalized spacial score (nSPS) is 27.0. The Morgan fingerprint density at radius 2 is 1.91 bits per heavy atom. The van der Waals surface area contributed by atoms with Crippen LogP contribution in [0.3, 0.4) is 0 Å². The lowest BCUT2D eigenvalue weighted by Crippen LogP contribution is -2.47. The van der Waals surface area contributed by atoms with Crippen molar-refractivity contribution in [3.8, 4) is 0 Å². The lowest BCUT2D eigenvalue weighted by atomic mass is 10.0. The zero-order valence-corrected chi connectivity index (χ0v) is 13.3. The summed E-state index contributed by atoms with van der Waals surface area (Å²) in [6, 6.07) is -0.113. The molecule has 1 saturated carbocycles. The first kappa shape index (κ1) is 18.3. The molecule has 1 heterocycles. The number of carbonyl (C=O) groups is 1. The van der Waals surface area contributed by atoms with Crippen LogP contribution in [0.4, 0.5) is 18.0 Å². The molecule has 23 heavy (non-hydrogen) atoms. The number of rotatable bonds is 4. The molecule has 2 amide bonds. The Bertz CT molecular complexity index is 393. The minimum atomic E-state index is -4.20. The number of aliphatic hydroxyl groups excluding tert-OH is 1. The first-order valence-corrected chi connectivity index (χ1v) is 8.34. The van der Waals surface area contributed by atoms with Crippen molar-refractivity contribution in [3.63, 3.8) is 0 Å². The number of halogens is 3. The molecule has 2 aliphatic rings. The molecule has 0 bridgehead atoms. The number of nitrogens with zero attached hydrogens (tertiary/aromatic N) is 2. The molecule has 0 aromatic heterocycles. The maximum absolute atomic E-state index is 12.5. The van der Waals surface area contributed by atoms with Crippen molar-refractivity contribution < 1.29 is 23.1 Å². The molecule has 134 valence electrons. The molecule has 2 N–H and O–H groups in total. The van der Waals surface area contributed by atoms with Crippen molar-refractivity contribution in [2.24, 2.45) is 5.92 Å². The number of amides is 2. The number of alkyl halides is 3. The number of hydrogen-bond donors (Lipinski definition) is 2. The van der Waals surface area contributed by atoms with Crippen molar-refractivity contribution >= 4 is 6.03 Å². The van der Waals surface area contributed by atoms with Gasteiger partial charge in [-0.3, -0.25) is 4.90 Å². The van der Waals surface area contributed by atoms with Gasteiger partial charge < -0.3 is 15.3 Å². The topological polar surface area (TPSA) is 55.8 Å². The van der Waals surface area contributed by atoms with Crippen LogP contribution in [0.25, 0.3) is 0 Å². The van der Waals surface area contributed by atoms with E-state index in [0.717, 1.165) is 19.3 Å². The van der Waals surface area contributed by atoms with Crippen LogP contribution in [0.5, 0.6) is 0 Å². The van der Waals surface area contributed by atoms with Gasteiger partial charge in [0.1, 0.15) is 0 Å². The Hall–Kier alpha value is -1.02. The Morgan fingerprint density at radius 1 is 1.13 bits per heavy atom. The number of hydrogen-bond acceptors (Lipinski definition) is 3. The highest BCUT2D eigenvalue weighted by atomic mass is 19.4. The Labute approximate surface area is 134 Å². The van der Waals surface area contributed by atoms with Gasteiger partial charge in [0.2, 0.25) is 0 Å². The Kier molecular flexibility index (Phi) is 6.52. The second-order valence-corrected chi connectivity index (χ2v) is 6.49. The van der Waals surface area contributed by atoms with E-state index in [0.29, 0.717) is 38.4 Å². The van der Waals surface area contributed by atoms with Gasteiger partial charge in [-0.1, -0.05) is 6.42 Å². The predicted molar refractivity (Wildman–Crippen MR) is 80.0 cm³/mol. The second-order valence-electron chi connectivity index (χ2n) is 6.49. The molecule has 8 heteroatoms. The van der Waals surface area contributed by atoms with Crippen LogP contribution < -0.4 is 5.32 Å². The fourth-order valence-corrected chi connectivity index (χ4v) is 3.57. The fourth-order valence-electron chi connectivity index (χ4n) is 3.57. The third kappa shape index (κ3) is 5.84. The van der Waals surface area contributed by atoms with Crippen molar-refractivity contribution in [1.29, 1.82) is 0 Å². The third-order valence-corrected chi connectivity index (χ3v) is 4.75. The van der Waals surface area contributed by atoms with Gasteiger partial charge in [0.25, 0.3) is 0 Å². The summed E-state index contributed by atoms with van der Waals surface area (Å²) >= 11 is 0. The molecule has 1 aliphatic heterocycles. The third-order valence-electron chi connectivity index (χ3n) is 4.75. The minimum absolute atomic E-state index is 0.0733. The molecule has 2 atom stereocenters. The molecular formula is C15H26F3N3O2. The van der Waals surface area contributed by atoms with Crippen LogP contribution in [0.15, 0.2) is 0 Å². The number of carbonyl (C=O) groups excluding carboxylic acids is 1. The number of nitrogens with one attached hydrogen (secondary N) is 1. The minimum Gasteiger partial charge on any atom is -0.396 e. The SMILES string of the molecule is O=C(NC1CCCC1CCO)N1CCCN(CC(F)(F)F)CC1. The summed E-state index contributed by atoms with van der Waals surface area (Å²) < 4.78 is 37.4. The second kappa shape index (κ2) is 8.19. The zero-order valence-electron chi connectivity index (χ0n) is 13.3. The summed E-state index contributed by atoms with van der Waals surface area (Å²) in [5.41, 5.74) is 0. The van der Waals surface area contributed by atoms with Crippen LogP contribution in [-0.4, -0.2) is 72.5 Å². The molecule has 1 aliphatic carbocycles. The van der Waals surface area contributed by atoms with E-state index in [-0.39, 0.29) is 25.2 Å². The van der Waals surface area contributed by atoms with Gasteiger partial charge in [0.05, 0.1) is 6.54 Å². The number of aliphatic hydroxyl groups is 1. The zero-order chi connectivity index (χ0) is 16.9. The lowest BCUT2D eigenvalue weighted by Gasteiger charge is -2.26. The van der Waals surface area contributed by atoms with E-state index in [1.807, 2.05) is 0 Å². The molecule has 2 fully saturated rings. The molecular weight excluding hydrogens is 311 g/mol. The van der Waals surface area contributed by atoms with Crippen LogP contribution in [0.2, 0.25) is 0 Å². The number of urea groups is 1. The summed E-state index contributed by atoms with van der Waals surface area (Å²) in [4.78, 5) is 15.3. The Balaban J connectivity index is 1.81. The van der Waals surface area contributed by atoms with Crippen LogP contribution >= 0.6 is 0 Å². The van der Waals surface area contributed by atoms with Crippen LogP contribution in [0, 0.1) is 5.92 Å². The molecule has 0 aromatic carbocycles. The lowest BCUT2D eigenvalue weighted by molar-refractivity contribution is -0.145. The molecule has 5 nitrogen and oxygen atoms in total. The monoisotopic (exact) mass is 337 g/mol. The van der Waals surface area contributed by atoms with E-state index >= 15 is 0 Å². The first-order chi connectivity index (χ1) is 10.9. The Morgan fingerprint density at radius 3 is 2.61 bits per heavy atom. The van der Waals surface area contributed by atoms with E-state index in [2.05, 4.69) is 5.32 Å². The highest BCUT2D eigenvalue weighted by Gasteiger charge is 2.33. The van der Waals surface area contributed by atoms with Gasteiger partial charge in [-0.15, -0.1) is 0 Å². The van der Waals surface area contributed by atoms with Crippen molar-refractivity contribution in [3.05, 3.63) is 0 Å². The quantitative estimate of drug-likeness (QED) is 0.823. The molecule has 1 saturated heterocycles. The molecule has 0 radical (unpaired) electrons. The highest BCUT2D eigenvalue weighted by molar-refractivity contribution is 5.74. The summed E-state index contributed by atoms with van der Waals surface area (Å²) in [6.07, 6.45) is -0.0123. The van der Waals surface area contributed by atoms with Gasteiger partial charge in [-0.2, -0.15) is 13.2 Å². The van der Waals surface area contributed by atoms with Gasteiger partial charge in [0.15, 0.2) is 0 Å². The van der Waals surface area contributed by atoms with Gasteiger partial charge >= 0.3 is 12.2 Å². The molecule has 0 aromatic rings. The summed E-state index contributed by atoms with van der Waals surface area (Å²) in [5, 5.41) is 12.1. The summed E-state index contributed by atoms with van der Waals surface area (Å²) in [6.45, 7) is 0.616. The fraction of sp³-hybridized carbons (Fsp3) is 0.933. The first-order valence-electron chi connectivity index (χ1n) is 8.34. The van der Waals surface area contributed by atoms with Gasteiger partial charge in [0, 0.05) is 38.8 Å². The van der Waals surface area contributed by atoms with Crippen molar-refractivity contribution in [2.45, 2.75) is 44.3 Å². The average molecular weight is 337 g/mol. The van der Waals surface area contributed by atoms with E-state index in [1.54, 1.807) is 4.90 Å². The van der Waals surface area contributed by atoms with E-state index in [9.17, 15) is 18.0 Å². The molecule has 2 rings (SSSR count). The van der Waals surface area contributed by atoms with Crippen molar-refractivity contribution in [2.75, 3.05) is 39.3 Å². The van der Waals surface area contributed by atoms with E-state index < -0.39 is 12.7 Å². The smallest absolute Gasteiger partial charge is 0.396 e. The maximum atomic E-state index is 12.5. The summed E-state index contributed by atoms with van der Waals surface area (Å²) in [5.74, 6) is 0.303. The van der Waals surface area contributed by atoms with E-state index in [1.165, 1.54) is 4.90 Å². The van der Waals surface area contributed by atoms with Crippen LogP contribution in [0.1, 0.15) is 32.1 Å². The van der Waals surface area contributed by atoms with Crippen molar-refractivity contribution in [1.82, 2.24) is 15.1 Å². The van der Waals surface area contributed by atoms with E-state index in [4.69, 9.17) is 5.11 Å². The summed E-state index contributed by atoms with van der Waals surface area (Å²) in [7, 11) is 0. The standard InChI is InChI=1S/C15H26F3N3O2/c16-15(17,18)11-20-6-2-7-21(9-8-20)14(23)19-13-4-1-3-12(13)5-10-22/h12-13,22H,1-11H2,(H,19,23). The highest BCUT2D eigenvalue weighted by Crippen LogP contribution is 2.28.